The van der Waals surface area contributed by atoms with E-state index in [2.05, 4.69) is 31.2 Å². The van der Waals surface area contributed by atoms with Crippen LogP contribution in [0, 0.1) is 0 Å². The van der Waals surface area contributed by atoms with Crippen LogP contribution in [0.3, 0.4) is 0 Å². The van der Waals surface area contributed by atoms with Crippen LogP contribution < -0.4 is 5.32 Å². The zero-order valence-corrected chi connectivity index (χ0v) is 12.6. The number of ether oxygens (including phenoxy) is 1. The molecule has 1 N–H and O–H groups in total. The molecule has 0 aliphatic carbocycles. The first-order valence-corrected chi connectivity index (χ1v) is 6.89. The molecule has 5 heteroatoms. The normalized spacial score (nSPS) is 10.5. The fraction of sp³-hybridized carbons (Fsp3) is 0.286. The van der Waals surface area contributed by atoms with Gasteiger partial charge in [0, 0.05) is 29.8 Å². The van der Waals surface area contributed by atoms with Gasteiger partial charge >= 0.3 is 0 Å². The summed E-state index contributed by atoms with van der Waals surface area (Å²) >= 11 is 3.53. The molecule has 19 heavy (non-hydrogen) atoms. The molecule has 1 aromatic carbocycles. The van der Waals surface area contributed by atoms with Gasteiger partial charge in [0.25, 0.3) is 0 Å². The van der Waals surface area contributed by atoms with E-state index in [9.17, 15) is 0 Å². The van der Waals surface area contributed by atoms with Gasteiger partial charge in [0.05, 0.1) is 12.3 Å². The summed E-state index contributed by atoms with van der Waals surface area (Å²) in [6.07, 6.45) is 0. The Bertz CT molecular complexity index is 536. The molecule has 2 rings (SSSR count). The molecule has 0 spiro atoms. The largest absolute Gasteiger partial charge is 0.378 e. The van der Waals surface area contributed by atoms with Crippen molar-refractivity contribution >= 4 is 21.7 Å². The van der Waals surface area contributed by atoms with Crippen LogP contribution in [0.25, 0.3) is 11.4 Å². The Balaban J connectivity index is 2.46. The Morgan fingerprint density at radius 1 is 1.26 bits per heavy atom. The minimum atomic E-state index is 0.471. The number of rotatable bonds is 5. The number of methoxy groups -OCH3 is 1. The average Bonchev–Trinajstić information content (AvgIpc) is 2.40. The first kappa shape index (κ1) is 14.0. The van der Waals surface area contributed by atoms with Crippen LogP contribution in [0.1, 0.15) is 12.6 Å². The number of hydrogen-bond acceptors (Lipinski definition) is 4. The SMILES string of the molecule is CCNc1cc(COC)nc(-c2ccccc2Br)n1. The van der Waals surface area contributed by atoms with Crippen LogP contribution in [-0.4, -0.2) is 23.6 Å². The first-order valence-electron chi connectivity index (χ1n) is 6.10. The Kier molecular flexibility index (Phi) is 4.87. The quantitative estimate of drug-likeness (QED) is 0.915. The molecule has 0 amide bonds. The highest BCUT2D eigenvalue weighted by molar-refractivity contribution is 9.10. The summed E-state index contributed by atoms with van der Waals surface area (Å²) in [5.41, 5.74) is 1.83. The molecule has 1 aromatic heterocycles. The van der Waals surface area contributed by atoms with Crippen molar-refractivity contribution in [2.45, 2.75) is 13.5 Å². The van der Waals surface area contributed by atoms with Gasteiger partial charge in [-0.1, -0.05) is 34.1 Å². The minimum absolute atomic E-state index is 0.471. The Morgan fingerprint density at radius 2 is 2.05 bits per heavy atom. The molecule has 1 heterocycles. The zero-order chi connectivity index (χ0) is 13.7. The molecule has 0 saturated carbocycles. The Hall–Kier alpha value is -1.46. The van der Waals surface area contributed by atoms with E-state index in [1.54, 1.807) is 7.11 Å². The molecule has 4 nitrogen and oxygen atoms in total. The molecular formula is C14H16BrN3O. The zero-order valence-electron chi connectivity index (χ0n) is 11.0. The third-order valence-electron chi connectivity index (χ3n) is 2.54. The monoisotopic (exact) mass is 321 g/mol. The van der Waals surface area contributed by atoms with Crippen LogP contribution in [0.5, 0.6) is 0 Å². The van der Waals surface area contributed by atoms with Gasteiger partial charge in [-0.05, 0) is 13.0 Å². The molecule has 0 aliphatic rings. The van der Waals surface area contributed by atoms with Gasteiger partial charge in [-0.25, -0.2) is 9.97 Å². The maximum Gasteiger partial charge on any atom is 0.162 e. The fourth-order valence-electron chi connectivity index (χ4n) is 1.75. The summed E-state index contributed by atoms with van der Waals surface area (Å²) in [5.74, 6) is 1.51. The number of benzene rings is 1. The van der Waals surface area contributed by atoms with E-state index in [-0.39, 0.29) is 0 Å². The van der Waals surface area contributed by atoms with Gasteiger partial charge in [0.15, 0.2) is 5.82 Å². The molecular weight excluding hydrogens is 306 g/mol. The van der Waals surface area contributed by atoms with Crippen LogP contribution in [0.4, 0.5) is 5.82 Å². The predicted molar refractivity (Wildman–Crippen MR) is 80.0 cm³/mol. The van der Waals surface area contributed by atoms with Gasteiger partial charge in [0.1, 0.15) is 5.82 Å². The van der Waals surface area contributed by atoms with Gasteiger partial charge in [0.2, 0.25) is 0 Å². The summed E-state index contributed by atoms with van der Waals surface area (Å²) in [7, 11) is 1.66. The maximum atomic E-state index is 5.15. The summed E-state index contributed by atoms with van der Waals surface area (Å²) in [6.45, 7) is 3.33. The van der Waals surface area contributed by atoms with E-state index < -0.39 is 0 Å². The highest BCUT2D eigenvalue weighted by Crippen LogP contribution is 2.26. The molecule has 2 aromatic rings. The lowest BCUT2D eigenvalue weighted by Crippen LogP contribution is -2.04. The number of aromatic nitrogens is 2. The van der Waals surface area contributed by atoms with Gasteiger partial charge in [-0.3, -0.25) is 0 Å². The number of nitrogens with zero attached hydrogens (tertiary/aromatic N) is 2. The number of hydrogen-bond donors (Lipinski definition) is 1. The van der Waals surface area contributed by atoms with Crippen molar-refractivity contribution < 1.29 is 4.74 Å². The molecule has 0 radical (unpaired) electrons. The maximum absolute atomic E-state index is 5.15. The number of nitrogens with one attached hydrogen (secondary N) is 1. The van der Waals surface area contributed by atoms with E-state index >= 15 is 0 Å². The third-order valence-corrected chi connectivity index (χ3v) is 3.24. The number of anilines is 1. The minimum Gasteiger partial charge on any atom is -0.378 e. The second-order valence-electron chi connectivity index (χ2n) is 4.01. The molecule has 0 atom stereocenters. The van der Waals surface area contributed by atoms with E-state index in [4.69, 9.17) is 4.74 Å². The Labute approximate surface area is 121 Å². The molecule has 0 saturated heterocycles. The smallest absolute Gasteiger partial charge is 0.162 e. The van der Waals surface area contributed by atoms with Crippen LogP contribution >= 0.6 is 15.9 Å². The molecule has 0 unspecified atom stereocenters. The van der Waals surface area contributed by atoms with Crippen molar-refractivity contribution in [3.63, 3.8) is 0 Å². The summed E-state index contributed by atoms with van der Waals surface area (Å²) in [5, 5.41) is 3.21. The lowest BCUT2D eigenvalue weighted by molar-refractivity contribution is 0.181. The standard InChI is InChI=1S/C14H16BrN3O/c1-3-16-13-8-10(9-19-2)17-14(18-13)11-6-4-5-7-12(11)15/h4-8H,3,9H2,1-2H3,(H,16,17,18). The second-order valence-corrected chi connectivity index (χ2v) is 4.87. The van der Waals surface area contributed by atoms with Crippen molar-refractivity contribution in [3.8, 4) is 11.4 Å². The lowest BCUT2D eigenvalue weighted by Gasteiger charge is -2.09. The summed E-state index contributed by atoms with van der Waals surface area (Å²) in [6, 6.07) is 9.82. The molecule has 0 aliphatic heterocycles. The molecule has 0 fully saturated rings. The lowest BCUT2D eigenvalue weighted by atomic mass is 10.2. The van der Waals surface area contributed by atoms with Crippen molar-refractivity contribution in [1.82, 2.24) is 9.97 Å². The van der Waals surface area contributed by atoms with Crippen molar-refractivity contribution in [2.24, 2.45) is 0 Å². The Morgan fingerprint density at radius 3 is 2.74 bits per heavy atom. The van der Waals surface area contributed by atoms with Crippen molar-refractivity contribution in [3.05, 3.63) is 40.5 Å². The summed E-state index contributed by atoms with van der Waals surface area (Å²) < 4.78 is 6.13. The van der Waals surface area contributed by atoms with Crippen LogP contribution in [-0.2, 0) is 11.3 Å². The van der Waals surface area contributed by atoms with Crippen LogP contribution in [0.15, 0.2) is 34.8 Å². The topological polar surface area (TPSA) is 47.0 Å². The van der Waals surface area contributed by atoms with E-state index in [1.807, 2.05) is 37.3 Å². The highest BCUT2D eigenvalue weighted by Gasteiger charge is 2.09. The number of halogens is 1. The van der Waals surface area contributed by atoms with E-state index in [1.165, 1.54) is 0 Å². The van der Waals surface area contributed by atoms with E-state index in [0.717, 1.165) is 28.1 Å². The van der Waals surface area contributed by atoms with Gasteiger partial charge in [-0.2, -0.15) is 0 Å². The molecule has 100 valence electrons. The third kappa shape index (κ3) is 3.52. The predicted octanol–water partition coefficient (Wildman–Crippen LogP) is 3.48. The average molecular weight is 322 g/mol. The van der Waals surface area contributed by atoms with Crippen LogP contribution in [0.2, 0.25) is 0 Å². The van der Waals surface area contributed by atoms with Gasteiger partial charge < -0.3 is 10.1 Å². The highest BCUT2D eigenvalue weighted by atomic mass is 79.9. The summed E-state index contributed by atoms with van der Waals surface area (Å²) in [4.78, 5) is 9.06. The first-order chi connectivity index (χ1) is 9.24. The van der Waals surface area contributed by atoms with Crippen molar-refractivity contribution in [2.75, 3.05) is 19.0 Å². The van der Waals surface area contributed by atoms with Gasteiger partial charge in [-0.15, -0.1) is 0 Å². The fourth-order valence-corrected chi connectivity index (χ4v) is 2.22. The van der Waals surface area contributed by atoms with Crippen molar-refractivity contribution in [1.29, 1.82) is 0 Å². The van der Waals surface area contributed by atoms with E-state index in [0.29, 0.717) is 12.4 Å². The molecule has 0 bridgehead atoms. The second kappa shape index (κ2) is 6.63.